The summed E-state index contributed by atoms with van der Waals surface area (Å²) in [6, 6.07) is 9.96. The third-order valence-corrected chi connectivity index (χ3v) is 7.74. The summed E-state index contributed by atoms with van der Waals surface area (Å²) in [5.74, 6) is -1.20. The van der Waals surface area contributed by atoms with Gasteiger partial charge in [-0.1, -0.05) is 42.5 Å². The molecule has 2 heterocycles. The Morgan fingerprint density at radius 2 is 1.47 bits per heavy atom. The summed E-state index contributed by atoms with van der Waals surface area (Å²) in [6.07, 6.45) is 3.29. The van der Waals surface area contributed by atoms with Gasteiger partial charge < -0.3 is 28.4 Å². The number of rotatable bonds is 5. The van der Waals surface area contributed by atoms with Gasteiger partial charge >= 0.3 is 5.97 Å². The molecule has 4 fully saturated rings. The highest BCUT2D eigenvalue weighted by molar-refractivity contribution is 5.74. The normalized spacial score (nSPS) is 43.0. The Labute approximate surface area is 200 Å². The number of esters is 1. The molecular weight excluding hydrogens is 436 g/mol. The van der Waals surface area contributed by atoms with E-state index >= 15 is 0 Å². The van der Waals surface area contributed by atoms with Gasteiger partial charge in [-0.2, -0.15) is 0 Å². The molecule has 7 nitrogen and oxygen atoms in total. The monoisotopic (exact) mass is 470 g/mol. The molecule has 7 heteroatoms. The van der Waals surface area contributed by atoms with Crippen LogP contribution in [0.1, 0.15) is 46.1 Å². The summed E-state index contributed by atoms with van der Waals surface area (Å²) in [5.41, 5.74) is 1.03. The lowest BCUT2D eigenvalue weighted by Gasteiger charge is -2.42. The molecule has 2 aliphatic heterocycles. The first kappa shape index (κ1) is 22.7. The zero-order valence-corrected chi connectivity index (χ0v) is 20.2. The van der Waals surface area contributed by atoms with Crippen LogP contribution in [-0.4, -0.2) is 54.2 Å². The molecule has 1 aromatic carbocycles. The first-order chi connectivity index (χ1) is 16.2. The van der Waals surface area contributed by atoms with E-state index < -0.39 is 42.1 Å². The van der Waals surface area contributed by atoms with E-state index in [1.807, 2.05) is 58.0 Å². The molecule has 2 saturated heterocycles. The Bertz CT molecular complexity index is 957. The lowest BCUT2D eigenvalue weighted by atomic mass is 9.84. The first-order valence-electron chi connectivity index (χ1n) is 12.4. The van der Waals surface area contributed by atoms with Crippen LogP contribution in [0, 0.1) is 17.8 Å². The molecule has 184 valence electrons. The van der Waals surface area contributed by atoms with E-state index in [4.69, 9.17) is 28.4 Å². The van der Waals surface area contributed by atoms with Gasteiger partial charge in [0.1, 0.15) is 30.5 Å². The van der Waals surface area contributed by atoms with Crippen molar-refractivity contribution in [3.63, 3.8) is 0 Å². The number of hydrogen-bond donors (Lipinski definition) is 0. The predicted molar refractivity (Wildman–Crippen MR) is 121 cm³/mol. The van der Waals surface area contributed by atoms with Gasteiger partial charge in [0, 0.05) is 0 Å². The SMILES string of the molecule is CC1(C)O[C@@H]2[C@H]3OC(C)(C)O[C@H]3[C@H](OC(=O)[C@H]3C[C@H]4C=C[C@@H]3C4)[C@@H](OCc3ccccc3)[C@@H]2O1. The minimum absolute atomic E-state index is 0.117. The fourth-order valence-electron chi connectivity index (χ4n) is 6.39. The van der Waals surface area contributed by atoms with Gasteiger partial charge in [0.25, 0.3) is 0 Å². The average molecular weight is 471 g/mol. The average Bonchev–Trinajstić information content (AvgIpc) is 3.55. The summed E-state index contributed by atoms with van der Waals surface area (Å²) in [4.78, 5) is 13.4. The van der Waals surface area contributed by atoms with Crippen molar-refractivity contribution >= 4 is 5.97 Å². The van der Waals surface area contributed by atoms with Gasteiger partial charge in [-0.3, -0.25) is 4.79 Å². The second-order valence-corrected chi connectivity index (χ2v) is 11.2. The lowest BCUT2D eigenvalue weighted by molar-refractivity contribution is -0.213. The van der Waals surface area contributed by atoms with Gasteiger partial charge in [-0.25, -0.2) is 0 Å². The molecule has 0 unspecified atom stereocenters. The number of benzene rings is 1. The third kappa shape index (κ3) is 4.01. The van der Waals surface area contributed by atoms with Crippen LogP contribution in [0.5, 0.6) is 0 Å². The number of hydrogen-bond acceptors (Lipinski definition) is 7. The molecule has 9 atom stereocenters. The van der Waals surface area contributed by atoms with E-state index in [-0.39, 0.29) is 23.9 Å². The van der Waals surface area contributed by atoms with E-state index in [1.165, 1.54) is 0 Å². The molecule has 0 N–H and O–H groups in total. The molecule has 0 aromatic heterocycles. The fraction of sp³-hybridized carbons (Fsp3) is 0.667. The van der Waals surface area contributed by atoms with Crippen LogP contribution >= 0.6 is 0 Å². The molecule has 0 spiro atoms. The highest BCUT2D eigenvalue weighted by Gasteiger charge is 2.65. The molecule has 2 saturated carbocycles. The predicted octanol–water partition coefficient (Wildman–Crippen LogP) is 3.75. The maximum absolute atomic E-state index is 13.4. The van der Waals surface area contributed by atoms with Crippen LogP contribution in [0.15, 0.2) is 42.5 Å². The second-order valence-electron chi connectivity index (χ2n) is 11.2. The maximum Gasteiger partial charge on any atom is 0.310 e. The number of ether oxygens (including phenoxy) is 6. The standard InChI is InChI=1S/C27H34O7/c1-26(2)31-21-19(29-14-15-8-6-5-7-9-15)20(22-24(23(21)33-26)34-27(3,4)32-22)30-25(28)18-13-16-10-11-17(18)12-16/h5-11,16-24H,12-14H2,1-4H3/t16-,17+,18-,19+,20+,21-,22-,23-,24-/m0/s1. The van der Waals surface area contributed by atoms with Gasteiger partial charge in [0.15, 0.2) is 17.7 Å². The first-order valence-corrected chi connectivity index (χ1v) is 12.4. The Kier molecular flexibility index (Phi) is 5.43. The molecule has 34 heavy (non-hydrogen) atoms. The van der Waals surface area contributed by atoms with Crippen LogP contribution in [-0.2, 0) is 39.8 Å². The Morgan fingerprint density at radius 1 is 0.853 bits per heavy atom. The summed E-state index contributed by atoms with van der Waals surface area (Å²) >= 11 is 0. The van der Waals surface area contributed by atoms with Gasteiger partial charge in [-0.05, 0) is 57.9 Å². The zero-order valence-electron chi connectivity index (χ0n) is 20.2. The Hall–Kier alpha value is -1.77. The molecule has 2 bridgehead atoms. The van der Waals surface area contributed by atoms with Crippen LogP contribution in [0.4, 0.5) is 0 Å². The highest BCUT2D eigenvalue weighted by atomic mass is 16.8. The van der Waals surface area contributed by atoms with E-state index in [9.17, 15) is 4.79 Å². The van der Waals surface area contributed by atoms with Crippen LogP contribution in [0.2, 0.25) is 0 Å². The number of carbonyl (C=O) groups excluding carboxylic acids is 1. The second kappa shape index (κ2) is 8.14. The zero-order chi connectivity index (χ0) is 23.7. The topological polar surface area (TPSA) is 72.5 Å². The van der Waals surface area contributed by atoms with Crippen molar-refractivity contribution in [2.24, 2.45) is 17.8 Å². The number of carbonyl (C=O) groups is 1. The van der Waals surface area contributed by atoms with E-state index in [2.05, 4.69) is 12.2 Å². The quantitative estimate of drug-likeness (QED) is 0.479. The minimum atomic E-state index is -0.829. The molecule has 5 aliphatic rings. The molecule has 1 aromatic rings. The number of allylic oxidation sites excluding steroid dienone is 2. The van der Waals surface area contributed by atoms with E-state index in [0.717, 1.165) is 18.4 Å². The highest BCUT2D eigenvalue weighted by Crippen LogP contribution is 2.48. The van der Waals surface area contributed by atoms with Crippen molar-refractivity contribution in [1.82, 2.24) is 0 Å². The summed E-state index contributed by atoms with van der Waals surface area (Å²) in [5, 5.41) is 0. The fourth-order valence-corrected chi connectivity index (χ4v) is 6.39. The lowest BCUT2D eigenvalue weighted by Crippen LogP contribution is -2.63. The van der Waals surface area contributed by atoms with Crippen LogP contribution < -0.4 is 0 Å². The summed E-state index contributed by atoms with van der Waals surface area (Å²) < 4.78 is 37.9. The van der Waals surface area contributed by atoms with Crippen LogP contribution in [0.25, 0.3) is 0 Å². The van der Waals surface area contributed by atoms with Crippen molar-refractivity contribution in [3.05, 3.63) is 48.0 Å². The minimum Gasteiger partial charge on any atom is -0.456 e. The molecule has 0 amide bonds. The smallest absolute Gasteiger partial charge is 0.310 e. The van der Waals surface area contributed by atoms with Crippen LogP contribution in [0.3, 0.4) is 0 Å². The van der Waals surface area contributed by atoms with Crippen molar-refractivity contribution < 1.29 is 33.2 Å². The van der Waals surface area contributed by atoms with Gasteiger partial charge in [-0.15, -0.1) is 0 Å². The molecule has 0 radical (unpaired) electrons. The van der Waals surface area contributed by atoms with E-state index in [1.54, 1.807) is 0 Å². The molecule has 3 aliphatic carbocycles. The molecular formula is C27H34O7. The Balaban J connectivity index is 1.30. The van der Waals surface area contributed by atoms with Gasteiger partial charge in [0.05, 0.1) is 12.5 Å². The largest absolute Gasteiger partial charge is 0.456 e. The van der Waals surface area contributed by atoms with Crippen molar-refractivity contribution in [2.75, 3.05) is 0 Å². The number of fused-ring (bicyclic) bond motifs is 5. The Morgan fingerprint density at radius 3 is 2.06 bits per heavy atom. The summed E-state index contributed by atoms with van der Waals surface area (Å²) in [6.45, 7) is 7.89. The van der Waals surface area contributed by atoms with Crippen molar-refractivity contribution in [1.29, 1.82) is 0 Å². The van der Waals surface area contributed by atoms with Crippen molar-refractivity contribution in [3.8, 4) is 0 Å². The third-order valence-electron chi connectivity index (χ3n) is 7.74. The van der Waals surface area contributed by atoms with Crippen molar-refractivity contribution in [2.45, 2.75) is 95.3 Å². The van der Waals surface area contributed by atoms with Gasteiger partial charge in [0.2, 0.25) is 0 Å². The molecule has 6 rings (SSSR count). The maximum atomic E-state index is 13.4. The van der Waals surface area contributed by atoms with E-state index in [0.29, 0.717) is 12.5 Å². The summed E-state index contributed by atoms with van der Waals surface area (Å²) in [7, 11) is 0.